The minimum absolute atomic E-state index is 0.0344. The molecule has 2 atom stereocenters. The monoisotopic (exact) mass is 681 g/mol. The Hall–Kier alpha value is -5.69. The average Bonchev–Trinajstić information content (AvgIpc) is 3.69. The van der Waals surface area contributed by atoms with Gasteiger partial charge in [0.15, 0.2) is 6.61 Å². The van der Waals surface area contributed by atoms with Gasteiger partial charge < -0.3 is 44.9 Å². The molecule has 4 aromatic rings. The van der Waals surface area contributed by atoms with Crippen LogP contribution in [0.4, 0.5) is 5.95 Å². The number of aryl methyl sites for hydroxylation is 1. The van der Waals surface area contributed by atoms with E-state index in [0.29, 0.717) is 43.9 Å². The maximum Gasteiger partial charge on any atom is 0.422 e. The van der Waals surface area contributed by atoms with E-state index in [1.54, 1.807) is 6.20 Å². The van der Waals surface area contributed by atoms with Gasteiger partial charge in [0, 0.05) is 50.4 Å². The highest BCUT2D eigenvalue weighted by molar-refractivity contribution is 5.89. The van der Waals surface area contributed by atoms with Crippen LogP contribution >= 0.6 is 0 Å². The summed E-state index contributed by atoms with van der Waals surface area (Å²) >= 11 is 0. The molecule has 0 bridgehead atoms. The molecule has 4 heterocycles. The minimum Gasteiger partial charge on any atom is -0.484 e. The van der Waals surface area contributed by atoms with Crippen LogP contribution in [0.25, 0.3) is 32.4 Å². The standard InChI is InChI=1S/C29H35N11O9/c1-39-20-11-18(2-3-19(20)27(44)49-29(39)45)48-15-22(41)40-14-17(37-38-31)10-21(40)25(42)33-5-7-47-9-8-46-6-4-32-12-16-13-34-24-23(16)26(43)36-28(30)35-24/h2-3,11,13,17,21,32H,4-10,12,14-15H2,1H3,(H,33,42)(H4,30,34,35,36,43)/t17-,21-/m0/s1. The van der Waals surface area contributed by atoms with E-state index >= 15 is 0 Å². The van der Waals surface area contributed by atoms with Crippen LogP contribution in [0.2, 0.25) is 0 Å². The van der Waals surface area contributed by atoms with Crippen LogP contribution in [-0.4, -0.2) is 101 Å². The lowest BCUT2D eigenvalue weighted by Crippen LogP contribution is -2.48. The molecule has 3 aromatic heterocycles. The first-order chi connectivity index (χ1) is 23.7. The molecule has 0 radical (unpaired) electrons. The van der Waals surface area contributed by atoms with Crippen LogP contribution in [0.3, 0.4) is 0 Å². The Balaban J connectivity index is 0.999. The van der Waals surface area contributed by atoms with Gasteiger partial charge in [-0.05, 0) is 29.6 Å². The van der Waals surface area contributed by atoms with Gasteiger partial charge in [0.05, 0.1) is 48.8 Å². The lowest BCUT2D eigenvalue weighted by atomic mass is 10.1. The van der Waals surface area contributed by atoms with Crippen molar-refractivity contribution < 1.29 is 28.2 Å². The summed E-state index contributed by atoms with van der Waals surface area (Å²) in [6.07, 6.45) is 1.84. The molecule has 2 amide bonds. The fourth-order valence-electron chi connectivity index (χ4n) is 5.39. The van der Waals surface area contributed by atoms with Crippen molar-refractivity contribution in [3.63, 3.8) is 0 Å². The first kappa shape index (κ1) is 34.6. The number of azide groups is 1. The number of nitrogen functional groups attached to an aromatic ring is 1. The van der Waals surface area contributed by atoms with E-state index in [1.165, 1.54) is 30.1 Å². The second kappa shape index (κ2) is 15.9. The number of nitrogens with two attached hydrogens (primary N) is 1. The largest absolute Gasteiger partial charge is 0.484 e. The van der Waals surface area contributed by atoms with E-state index in [-0.39, 0.29) is 54.3 Å². The number of rotatable bonds is 16. The number of carbonyl (C=O) groups excluding carboxylic acids is 2. The Bertz CT molecular complexity index is 2050. The number of hydrogen-bond acceptors (Lipinski definition) is 13. The van der Waals surface area contributed by atoms with Crippen molar-refractivity contribution in [2.75, 3.05) is 58.4 Å². The molecule has 1 aliphatic rings. The lowest BCUT2D eigenvalue weighted by molar-refractivity contribution is -0.140. The number of nitrogens with zero attached hydrogens (tertiary/aromatic N) is 6. The van der Waals surface area contributed by atoms with Gasteiger partial charge >= 0.3 is 11.4 Å². The molecule has 260 valence electrons. The zero-order valence-corrected chi connectivity index (χ0v) is 26.5. The zero-order chi connectivity index (χ0) is 34.9. The Labute approximate surface area is 276 Å². The summed E-state index contributed by atoms with van der Waals surface area (Å²) < 4.78 is 22.5. The molecule has 1 aromatic carbocycles. The van der Waals surface area contributed by atoms with E-state index < -0.39 is 41.9 Å². The van der Waals surface area contributed by atoms with Gasteiger partial charge in [-0.1, -0.05) is 5.11 Å². The topological polar surface area (TPSA) is 278 Å². The highest BCUT2D eigenvalue weighted by Crippen LogP contribution is 2.22. The van der Waals surface area contributed by atoms with Crippen molar-refractivity contribution >= 4 is 39.7 Å². The first-order valence-electron chi connectivity index (χ1n) is 15.3. The van der Waals surface area contributed by atoms with Crippen molar-refractivity contribution in [2.24, 2.45) is 12.2 Å². The van der Waals surface area contributed by atoms with Gasteiger partial charge in [-0.3, -0.25) is 23.9 Å². The highest BCUT2D eigenvalue weighted by Gasteiger charge is 2.39. The van der Waals surface area contributed by atoms with Crippen molar-refractivity contribution in [2.45, 2.75) is 25.0 Å². The summed E-state index contributed by atoms with van der Waals surface area (Å²) in [6, 6.07) is 2.84. The summed E-state index contributed by atoms with van der Waals surface area (Å²) in [7, 11) is 1.43. The van der Waals surface area contributed by atoms with Crippen molar-refractivity contribution in [3.05, 3.63) is 71.7 Å². The molecule has 0 unspecified atom stereocenters. The first-order valence-corrected chi connectivity index (χ1v) is 15.3. The van der Waals surface area contributed by atoms with Gasteiger partial charge in [0.1, 0.15) is 17.4 Å². The van der Waals surface area contributed by atoms with Crippen LogP contribution in [0.15, 0.2) is 48.3 Å². The molecule has 5 rings (SSSR count). The molecule has 0 saturated carbocycles. The number of carbonyl (C=O) groups is 2. The molecule has 1 aliphatic heterocycles. The molecule has 20 nitrogen and oxygen atoms in total. The number of nitrogens with one attached hydrogen (secondary N) is 4. The molecule has 49 heavy (non-hydrogen) atoms. The summed E-state index contributed by atoms with van der Waals surface area (Å²) in [5, 5.41) is 10.2. The third-order valence-corrected chi connectivity index (χ3v) is 7.78. The van der Waals surface area contributed by atoms with Crippen LogP contribution in [0.5, 0.6) is 5.75 Å². The summed E-state index contributed by atoms with van der Waals surface area (Å²) in [5.74, 6) is -1.52. The third-order valence-electron chi connectivity index (χ3n) is 7.78. The van der Waals surface area contributed by atoms with Gasteiger partial charge in [0.2, 0.25) is 11.9 Å². The number of ether oxygens (including phenoxy) is 3. The van der Waals surface area contributed by atoms with Gasteiger partial charge in [-0.2, -0.15) is 4.98 Å². The summed E-state index contributed by atoms with van der Waals surface area (Å²) in [6.45, 7) is 1.96. The van der Waals surface area contributed by atoms with E-state index in [2.05, 4.69) is 40.0 Å². The predicted molar refractivity (Wildman–Crippen MR) is 174 cm³/mol. The molecule has 0 aliphatic carbocycles. The summed E-state index contributed by atoms with van der Waals surface area (Å²) in [5.41, 5.74) is 14.8. The molecule has 0 spiro atoms. The van der Waals surface area contributed by atoms with Gasteiger partial charge in [-0.15, -0.1) is 0 Å². The van der Waals surface area contributed by atoms with Gasteiger partial charge in [-0.25, -0.2) is 9.59 Å². The predicted octanol–water partition coefficient (Wildman–Crippen LogP) is -0.764. The highest BCUT2D eigenvalue weighted by atomic mass is 16.5. The second-order valence-electron chi connectivity index (χ2n) is 11.0. The zero-order valence-electron chi connectivity index (χ0n) is 26.5. The number of aromatic amines is 2. The molecule has 1 fully saturated rings. The van der Waals surface area contributed by atoms with Crippen LogP contribution in [0, 0.1) is 0 Å². The number of fused-ring (bicyclic) bond motifs is 2. The minimum atomic E-state index is -0.887. The third kappa shape index (κ3) is 8.43. The maximum absolute atomic E-state index is 13.1. The average molecular weight is 682 g/mol. The van der Waals surface area contributed by atoms with Crippen LogP contribution < -0.4 is 38.0 Å². The fourth-order valence-corrected chi connectivity index (χ4v) is 5.39. The SMILES string of the molecule is Cn1c(=O)oc(=O)c2ccc(OCC(=O)N3C[C@@H](N=[N+]=[N-])C[C@H]3C(=O)NCCOCCOCCNCc3c[nH]c4nc(N)[nH]c(=O)c34)cc21. The molecule has 20 heteroatoms. The van der Waals surface area contributed by atoms with Crippen LogP contribution in [0.1, 0.15) is 12.0 Å². The second-order valence-corrected chi connectivity index (χ2v) is 11.0. The quantitative estimate of drug-likeness (QED) is 0.0422. The van der Waals surface area contributed by atoms with E-state index in [1.807, 2.05) is 0 Å². The summed E-state index contributed by atoms with van der Waals surface area (Å²) in [4.78, 5) is 75.6. The Morgan fingerprint density at radius 2 is 1.96 bits per heavy atom. The molecule has 1 saturated heterocycles. The normalized spacial score (nSPS) is 15.8. The Morgan fingerprint density at radius 3 is 2.73 bits per heavy atom. The van der Waals surface area contributed by atoms with Gasteiger partial charge in [0.25, 0.3) is 11.5 Å². The van der Waals surface area contributed by atoms with E-state index in [0.717, 1.165) is 10.1 Å². The number of benzene rings is 1. The number of amides is 2. The molecular weight excluding hydrogens is 646 g/mol. The number of aromatic nitrogens is 4. The van der Waals surface area contributed by atoms with Crippen molar-refractivity contribution in [1.29, 1.82) is 0 Å². The number of hydrogen-bond donors (Lipinski definition) is 5. The number of H-pyrrole nitrogens is 2. The number of anilines is 1. The Kier molecular flexibility index (Phi) is 11.3. The lowest BCUT2D eigenvalue weighted by Gasteiger charge is -2.24. The van der Waals surface area contributed by atoms with E-state index in [4.69, 9.17) is 25.5 Å². The van der Waals surface area contributed by atoms with Crippen molar-refractivity contribution in [1.82, 2.24) is 35.1 Å². The molecular formula is C29H35N11O9. The van der Waals surface area contributed by atoms with Crippen LogP contribution in [-0.2, 0) is 32.7 Å². The number of likely N-dealkylation sites (tertiary alicyclic amines) is 1. The maximum atomic E-state index is 13.1. The van der Waals surface area contributed by atoms with E-state index in [9.17, 15) is 24.0 Å². The smallest absolute Gasteiger partial charge is 0.422 e. The van der Waals surface area contributed by atoms with Crippen molar-refractivity contribution in [3.8, 4) is 5.75 Å². The fraction of sp³-hybridized carbons (Fsp3) is 0.448. The Morgan fingerprint density at radius 1 is 1.18 bits per heavy atom. The molecule has 6 N–H and O–H groups in total.